The van der Waals surface area contributed by atoms with E-state index in [1.165, 1.54) is 13.0 Å². The van der Waals surface area contributed by atoms with Crippen molar-refractivity contribution in [2.45, 2.75) is 26.2 Å². The number of anilines is 1. The largest absolute Gasteiger partial charge is 0.366 e. The summed E-state index contributed by atoms with van der Waals surface area (Å²) in [6.45, 7) is 4.39. The third-order valence-electron chi connectivity index (χ3n) is 5.57. The molecule has 5 nitrogen and oxygen atoms in total. The van der Waals surface area contributed by atoms with Crippen molar-refractivity contribution in [1.82, 2.24) is 4.90 Å². The Morgan fingerprint density at radius 2 is 1.81 bits per heavy atom. The summed E-state index contributed by atoms with van der Waals surface area (Å²) in [4.78, 5) is 27.9. The molecule has 1 amide bonds. The van der Waals surface area contributed by atoms with Crippen molar-refractivity contribution in [1.29, 1.82) is 0 Å². The van der Waals surface area contributed by atoms with Gasteiger partial charge in [0.1, 0.15) is 5.82 Å². The molecule has 0 bridgehead atoms. The fourth-order valence-electron chi connectivity index (χ4n) is 4.03. The topological polar surface area (TPSA) is 66.6 Å². The molecular weight excluding hydrogens is 392 g/mol. The Morgan fingerprint density at radius 1 is 1.15 bits per heavy atom. The van der Waals surface area contributed by atoms with Crippen LogP contribution in [0.3, 0.4) is 0 Å². The molecule has 0 radical (unpaired) electrons. The lowest BCUT2D eigenvalue weighted by molar-refractivity contribution is -0.136. The van der Waals surface area contributed by atoms with Gasteiger partial charge in [-0.1, -0.05) is 6.42 Å². The summed E-state index contributed by atoms with van der Waals surface area (Å²) >= 11 is 0. The minimum atomic E-state index is -0.383. The van der Waals surface area contributed by atoms with Crippen molar-refractivity contribution < 1.29 is 14.0 Å². The highest BCUT2D eigenvalue weighted by atomic mass is 35.5. The quantitative estimate of drug-likeness (QED) is 0.761. The number of ketones is 1. The number of piperazine rings is 1. The van der Waals surface area contributed by atoms with E-state index in [2.05, 4.69) is 0 Å². The first-order valence-electron chi connectivity index (χ1n) is 9.05. The van der Waals surface area contributed by atoms with Gasteiger partial charge >= 0.3 is 0 Å². The summed E-state index contributed by atoms with van der Waals surface area (Å²) in [7, 11) is 0. The Balaban J connectivity index is 0.00000182. The maximum atomic E-state index is 14.3. The number of halogens is 3. The monoisotopic (exact) mass is 419 g/mol. The number of carbonyl (C=O) groups excluding carboxylic acids is 2. The van der Waals surface area contributed by atoms with Gasteiger partial charge in [0, 0.05) is 37.7 Å². The number of benzene rings is 1. The van der Waals surface area contributed by atoms with Gasteiger partial charge in [-0.05, 0) is 50.4 Å². The van der Waals surface area contributed by atoms with Crippen molar-refractivity contribution >= 4 is 42.2 Å². The molecule has 27 heavy (non-hydrogen) atoms. The Hall–Kier alpha value is -1.37. The summed E-state index contributed by atoms with van der Waals surface area (Å²) in [6.07, 6.45) is 3.05. The fraction of sp³-hybridized carbons (Fsp3) is 0.579. The van der Waals surface area contributed by atoms with E-state index in [-0.39, 0.29) is 48.2 Å². The summed E-state index contributed by atoms with van der Waals surface area (Å²) in [6, 6.07) is 4.60. The van der Waals surface area contributed by atoms with Crippen LogP contribution in [0, 0.1) is 17.7 Å². The van der Waals surface area contributed by atoms with Gasteiger partial charge in [0.05, 0.1) is 5.69 Å². The molecule has 0 unspecified atom stereocenters. The molecule has 1 saturated heterocycles. The molecule has 1 aromatic rings. The van der Waals surface area contributed by atoms with Crippen molar-refractivity contribution in [2.24, 2.45) is 17.6 Å². The van der Waals surface area contributed by atoms with Crippen LogP contribution in [0.25, 0.3) is 0 Å². The van der Waals surface area contributed by atoms with E-state index in [0.29, 0.717) is 49.9 Å². The normalized spacial score (nSPS) is 22.0. The first-order valence-corrected chi connectivity index (χ1v) is 9.05. The molecule has 2 fully saturated rings. The van der Waals surface area contributed by atoms with Gasteiger partial charge in [-0.15, -0.1) is 24.8 Å². The molecule has 0 spiro atoms. The maximum Gasteiger partial charge on any atom is 0.226 e. The number of hydrogen-bond donors (Lipinski definition) is 1. The third-order valence-corrected chi connectivity index (χ3v) is 5.57. The van der Waals surface area contributed by atoms with Crippen LogP contribution >= 0.6 is 24.8 Å². The number of rotatable bonds is 4. The molecule has 1 aliphatic heterocycles. The van der Waals surface area contributed by atoms with Crippen molar-refractivity contribution in [2.75, 3.05) is 37.6 Å². The van der Waals surface area contributed by atoms with E-state index in [4.69, 9.17) is 5.73 Å². The first kappa shape index (κ1) is 23.7. The average Bonchev–Trinajstić information content (AvgIpc) is 3.10. The Kier molecular flexibility index (Phi) is 8.99. The molecule has 1 aliphatic carbocycles. The van der Waals surface area contributed by atoms with E-state index in [9.17, 15) is 14.0 Å². The highest BCUT2D eigenvalue weighted by Gasteiger charge is 2.35. The number of nitrogens with two attached hydrogens (primary N) is 1. The summed E-state index contributed by atoms with van der Waals surface area (Å²) < 4.78 is 14.3. The molecule has 152 valence electrons. The molecule has 1 aromatic carbocycles. The third kappa shape index (κ3) is 5.12. The van der Waals surface area contributed by atoms with Gasteiger partial charge in [0.2, 0.25) is 5.91 Å². The molecule has 2 atom stereocenters. The smallest absolute Gasteiger partial charge is 0.226 e. The van der Waals surface area contributed by atoms with E-state index < -0.39 is 0 Å². The Morgan fingerprint density at radius 3 is 2.37 bits per heavy atom. The second-order valence-corrected chi connectivity index (χ2v) is 7.07. The minimum absolute atomic E-state index is 0. The molecule has 0 aromatic heterocycles. The predicted molar refractivity (Wildman–Crippen MR) is 110 cm³/mol. The van der Waals surface area contributed by atoms with Gasteiger partial charge in [-0.2, -0.15) is 0 Å². The van der Waals surface area contributed by atoms with Crippen LogP contribution in [-0.2, 0) is 4.79 Å². The average molecular weight is 420 g/mol. The standard InChI is InChI=1S/C19H26FN3O2.2ClH/c1-13(24)14-5-6-18(17(20)11-14)22-7-9-23(10-8-22)19(25)16-4-2-3-15(16)12-21;;/h5-6,11,15-16H,2-4,7-10,12,21H2,1H3;2*1H/t15-,16-;;/m1../s1. The van der Waals surface area contributed by atoms with Gasteiger partial charge in [0.15, 0.2) is 5.78 Å². The zero-order valence-corrected chi connectivity index (χ0v) is 17.2. The number of hydrogen-bond acceptors (Lipinski definition) is 4. The van der Waals surface area contributed by atoms with Crippen molar-refractivity contribution in [3.8, 4) is 0 Å². The van der Waals surface area contributed by atoms with Crippen molar-refractivity contribution in [3.05, 3.63) is 29.6 Å². The van der Waals surface area contributed by atoms with E-state index in [0.717, 1.165) is 19.3 Å². The zero-order valence-electron chi connectivity index (χ0n) is 15.5. The molecule has 2 aliphatic rings. The van der Waals surface area contributed by atoms with Crippen molar-refractivity contribution in [3.63, 3.8) is 0 Å². The number of Topliss-reactive ketones (excluding diaryl/α,β-unsaturated/α-hetero) is 1. The van der Waals surface area contributed by atoms with Crippen LogP contribution in [0.1, 0.15) is 36.5 Å². The summed E-state index contributed by atoms with van der Waals surface area (Å²) in [5.74, 6) is 0.0450. The van der Waals surface area contributed by atoms with E-state index in [1.807, 2.05) is 9.80 Å². The molecule has 3 rings (SSSR count). The number of amides is 1. The second-order valence-electron chi connectivity index (χ2n) is 7.07. The van der Waals surface area contributed by atoms with E-state index >= 15 is 0 Å². The molecular formula is C19H28Cl2FN3O2. The SMILES string of the molecule is CC(=O)c1ccc(N2CCN(C(=O)[C@@H]3CCC[C@@H]3CN)CC2)c(F)c1.Cl.Cl. The maximum absolute atomic E-state index is 14.3. The van der Waals surface area contributed by atoms with Gasteiger partial charge < -0.3 is 15.5 Å². The number of carbonyl (C=O) groups is 2. The van der Waals surface area contributed by atoms with Crippen LogP contribution in [0.2, 0.25) is 0 Å². The molecule has 1 heterocycles. The molecule has 1 saturated carbocycles. The number of nitrogens with zero attached hydrogens (tertiary/aromatic N) is 2. The Bertz CT molecular complexity index is 666. The van der Waals surface area contributed by atoms with Crippen LogP contribution in [-0.4, -0.2) is 49.3 Å². The zero-order chi connectivity index (χ0) is 18.0. The first-order chi connectivity index (χ1) is 12.0. The van der Waals surface area contributed by atoms with Crippen LogP contribution in [0.4, 0.5) is 10.1 Å². The lowest BCUT2D eigenvalue weighted by atomic mass is 9.94. The fourth-order valence-corrected chi connectivity index (χ4v) is 4.03. The van der Waals surface area contributed by atoms with Gasteiger partial charge in [0.25, 0.3) is 0 Å². The molecule has 2 N–H and O–H groups in total. The highest BCUT2D eigenvalue weighted by molar-refractivity contribution is 5.94. The Labute approximate surface area is 172 Å². The minimum Gasteiger partial charge on any atom is -0.366 e. The van der Waals surface area contributed by atoms with Crippen LogP contribution in [0.15, 0.2) is 18.2 Å². The van der Waals surface area contributed by atoms with Crippen LogP contribution in [0.5, 0.6) is 0 Å². The summed E-state index contributed by atoms with van der Waals surface area (Å²) in [5.41, 5.74) is 6.67. The predicted octanol–water partition coefficient (Wildman–Crippen LogP) is 2.90. The lowest BCUT2D eigenvalue weighted by Crippen LogP contribution is -2.51. The van der Waals surface area contributed by atoms with Gasteiger partial charge in [-0.25, -0.2) is 4.39 Å². The lowest BCUT2D eigenvalue weighted by Gasteiger charge is -2.38. The van der Waals surface area contributed by atoms with Gasteiger partial charge in [-0.3, -0.25) is 9.59 Å². The second kappa shape index (κ2) is 10.2. The summed E-state index contributed by atoms with van der Waals surface area (Å²) in [5, 5.41) is 0. The van der Waals surface area contributed by atoms with Crippen LogP contribution < -0.4 is 10.6 Å². The van der Waals surface area contributed by atoms with E-state index in [1.54, 1.807) is 12.1 Å². The highest BCUT2D eigenvalue weighted by Crippen LogP contribution is 2.33. The molecule has 8 heteroatoms.